The van der Waals surface area contributed by atoms with Crippen molar-refractivity contribution in [2.75, 3.05) is 5.32 Å². The summed E-state index contributed by atoms with van der Waals surface area (Å²) in [5.74, 6) is -1.68. The van der Waals surface area contributed by atoms with E-state index in [0.717, 1.165) is 0 Å². The van der Waals surface area contributed by atoms with Crippen molar-refractivity contribution in [1.82, 2.24) is 4.98 Å². The molecule has 1 saturated carbocycles. The van der Waals surface area contributed by atoms with Gasteiger partial charge < -0.3 is 15.2 Å². The summed E-state index contributed by atoms with van der Waals surface area (Å²) in [5, 5.41) is 11.5. The summed E-state index contributed by atoms with van der Waals surface area (Å²) in [6.45, 7) is -3.02. The second kappa shape index (κ2) is 7.85. The summed E-state index contributed by atoms with van der Waals surface area (Å²) in [7, 11) is 0. The minimum atomic E-state index is -3.02. The van der Waals surface area contributed by atoms with Gasteiger partial charge in [0.15, 0.2) is 0 Å². The molecule has 6 nitrogen and oxygen atoms in total. The number of carbonyl (C=O) groups excluding carboxylic acids is 1. The van der Waals surface area contributed by atoms with Crippen molar-refractivity contribution >= 4 is 17.6 Å². The molecule has 1 heterocycles. The van der Waals surface area contributed by atoms with E-state index in [1.807, 2.05) is 0 Å². The van der Waals surface area contributed by atoms with Crippen LogP contribution < -0.4 is 10.1 Å². The van der Waals surface area contributed by atoms with Crippen molar-refractivity contribution in [3.63, 3.8) is 0 Å². The third-order valence-electron chi connectivity index (χ3n) is 3.92. The summed E-state index contributed by atoms with van der Waals surface area (Å²) >= 11 is 0. The van der Waals surface area contributed by atoms with Crippen molar-refractivity contribution in [2.45, 2.75) is 38.7 Å². The highest BCUT2D eigenvalue weighted by Gasteiger charge is 2.27. The number of carboxylic acid groups (broad SMARTS) is 1. The Morgan fingerprint density at radius 1 is 1.35 bits per heavy atom. The number of amides is 1. The van der Waals surface area contributed by atoms with E-state index in [1.54, 1.807) is 0 Å². The number of aliphatic carboxylic acids is 1. The Balaban J connectivity index is 1.87. The maximum atomic E-state index is 12.3. The van der Waals surface area contributed by atoms with Gasteiger partial charge in [0.05, 0.1) is 5.92 Å². The Kier molecular flexibility index (Phi) is 5.84. The van der Waals surface area contributed by atoms with Gasteiger partial charge in [-0.15, -0.1) is 0 Å². The zero-order valence-electron chi connectivity index (χ0n) is 12.4. The Morgan fingerprint density at radius 3 is 2.65 bits per heavy atom. The van der Waals surface area contributed by atoms with Gasteiger partial charge in [-0.2, -0.15) is 8.78 Å². The van der Waals surface area contributed by atoms with Crippen molar-refractivity contribution in [3.8, 4) is 5.88 Å². The molecule has 8 heteroatoms. The van der Waals surface area contributed by atoms with E-state index in [-0.39, 0.29) is 35.7 Å². The van der Waals surface area contributed by atoms with Crippen LogP contribution in [0.25, 0.3) is 0 Å². The smallest absolute Gasteiger partial charge is 0.388 e. The molecule has 2 rings (SSSR count). The lowest BCUT2D eigenvalue weighted by Gasteiger charge is -2.25. The van der Waals surface area contributed by atoms with Gasteiger partial charge in [-0.25, -0.2) is 4.98 Å². The van der Waals surface area contributed by atoms with Crippen LogP contribution >= 0.6 is 0 Å². The highest BCUT2D eigenvalue weighted by atomic mass is 19.3. The van der Waals surface area contributed by atoms with Crippen LogP contribution in [0.1, 0.15) is 32.1 Å². The number of nitrogens with one attached hydrogen (secondary N) is 1. The lowest BCUT2D eigenvalue weighted by Crippen LogP contribution is -2.24. The van der Waals surface area contributed by atoms with E-state index < -0.39 is 12.6 Å². The topological polar surface area (TPSA) is 88.5 Å². The van der Waals surface area contributed by atoms with Crippen molar-refractivity contribution < 1.29 is 28.2 Å². The molecule has 0 saturated heterocycles. The predicted molar refractivity (Wildman–Crippen MR) is 77.2 cm³/mol. The number of alkyl halides is 2. The number of hydrogen-bond acceptors (Lipinski definition) is 4. The molecule has 1 aliphatic rings. The maximum absolute atomic E-state index is 12.3. The molecule has 0 aromatic carbocycles. The largest absolute Gasteiger partial charge is 0.481 e. The van der Waals surface area contributed by atoms with Gasteiger partial charge in [-0.05, 0) is 43.7 Å². The molecule has 23 heavy (non-hydrogen) atoms. The second-order valence-electron chi connectivity index (χ2n) is 5.54. The maximum Gasteiger partial charge on any atom is 0.388 e. The third-order valence-corrected chi connectivity index (χ3v) is 3.92. The highest BCUT2D eigenvalue weighted by molar-refractivity contribution is 5.92. The van der Waals surface area contributed by atoms with Gasteiger partial charge in [-0.1, -0.05) is 0 Å². The Hall–Kier alpha value is -2.25. The second-order valence-corrected chi connectivity index (χ2v) is 5.54. The van der Waals surface area contributed by atoms with Gasteiger partial charge in [-0.3, -0.25) is 9.59 Å². The average Bonchev–Trinajstić information content (AvgIpc) is 2.49. The van der Waals surface area contributed by atoms with Crippen LogP contribution in [0.5, 0.6) is 5.88 Å². The molecule has 0 spiro atoms. The SMILES string of the molecule is O=C(CC1CCC(C(=O)O)CC1)Nc1cccnc1OC(F)F. The van der Waals surface area contributed by atoms with Crippen LogP contribution in [0.3, 0.4) is 0 Å². The van der Waals surface area contributed by atoms with Gasteiger partial charge in [0.1, 0.15) is 5.69 Å². The molecule has 0 radical (unpaired) electrons. The predicted octanol–water partition coefficient (Wildman–Crippen LogP) is 2.90. The number of anilines is 1. The molecule has 1 aromatic rings. The van der Waals surface area contributed by atoms with Gasteiger partial charge in [0.25, 0.3) is 0 Å². The molecule has 0 aliphatic heterocycles. The van der Waals surface area contributed by atoms with Crippen LogP contribution in [0.2, 0.25) is 0 Å². The van der Waals surface area contributed by atoms with Crippen molar-refractivity contribution in [1.29, 1.82) is 0 Å². The molecule has 0 bridgehead atoms. The number of nitrogens with zero attached hydrogens (tertiary/aromatic N) is 1. The molecule has 126 valence electrons. The minimum Gasteiger partial charge on any atom is -0.481 e. The summed E-state index contributed by atoms with van der Waals surface area (Å²) in [5.41, 5.74) is 0.0945. The van der Waals surface area contributed by atoms with E-state index in [1.165, 1.54) is 18.3 Å². The summed E-state index contributed by atoms with van der Waals surface area (Å²) in [6.07, 6.45) is 3.95. The quantitative estimate of drug-likeness (QED) is 0.838. The first-order chi connectivity index (χ1) is 11.0. The number of carbonyl (C=O) groups is 2. The fraction of sp³-hybridized carbons (Fsp3) is 0.533. The van der Waals surface area contributed by atoms with Crippen LogP contribution in [0, 0.1) is 11.8 Å². The molecule has 1 amide bonds. The third kappa shape index (κ3) is 5.15. The molecule has 0 atom stereocenters. The van der Waals surface area contributed by atoms with E-state index in [9.17, 15) is 18.4 Å². The molecular formula is C15H18F2N2O4. The normalized spacial score (nSPS) is 21.0. The molecular weight excluding hydrogens is 310 g/mol. The molecule has 2 N–H and O–H groups in total. The van der Waals surface area contributed by atoms with Crippen LogP contribution in [-0.4, -0.2) is 28.6 Å². The van der Waals surface area contributed by atoms with E-state index in [2.05, 4.69) is 15.0 Å². The first-order valence-electron chi connectivity index (χ1n) is 7.38. The average molecular weight is 328 g/mol. The number of carboxylic acids is 1. The summed E-state index contributed by atoms with van der Waals surface area (Å²) in [6, 6.07) is 2.94. The lowest BCUT2D eigenvalue weighted by molar-refractivity contribution is -0.143. The minimum absolute atomic E-state index is 0.0945. The summed E-state index contributed by atoms with van der Waals surface area (Å²) < 4.78 is 28.8. The van der Waals surface area contributed by atoms with Gasteiger partial charge >= 0.3 is 12.6 Å². The number of rotatable bonds is 6. The monoisotopic (exact) mass is 328 g/mol. The van der Waals surface area contributed by atoms with Crippen molar-refractivity contribution in [2.24, 2.45) is 11.8 Å². The Bertz CT molecular complexity index is 560. The summed E-state index contributed by atoms with van der Waals surface area (Å²) in [4.78, 5) is 26.6. The van der Waals surface area contributed by atoms with Gasteiger partial charge in [0.2, 0.25) is 11.8 Å². The number of halogens is 2. The number of hydrogen-bond donors (Lipinski definition) is 2. The zero-order chi connectivity index (χ0) is 16.8. The first kappa shape index (κ1) is 17.1. The van der Waals surface area contributed by atoms with E-state index >= 15 is 0 Å². The highest BCUT2D eigenvalue weighted by Crippen LogP contribution is 2.31. The molecule has 1 fully saturated rings. The van der Waals surface area contributed by atoms with E-state index in [4.69, 9.17) is 5.11 Å². The molecule has 1 aliphatic carbocycles. The van der Waals surface area contributed by atoms with Crippen LogP contribution in [0.15, 0.2) is 18.3 Å². The van der Waals surface area contributed by atoms with E-state index in [0.29, 0.717) is 25.7 Å². The fourth-order valence-corrected chi connectivity index (χ4v) is 2.74. The van der Waals surface area contributed by atoms with Crippen LogP contribution in [-0.2, 0) is 9.59 Å². The number of aromatic nitrogens is 1. The first-order valence-corrected chi connectivity index (χ1v) is 7.38. The molecule has 1 aromatic heterocycles. The standard InChI is InChI=1S/C15H18F2N2O4/c16-15(17)23-13-11(2-1-7-18-13)19-12(20)8-9-3-5-10(6-4-9)14(21)22/h1-2,7,9-10,15H,3-6,8H2,(H,19,20)(H,21,22). The molecule has 0 unspecified atom stereocenters. The number of pyridine rings is 1. The number of ether oxygens (including phenoxy) is 1. The van der Waals surface area contributed by atoms with Crippen LogP contribution in [0.4, 0.5) is 14.5 Å². The van der Waals surface area contributed by atoms with Gasteiger partial charge in [0, 0.05) is 12.6 Å². The Labute approximate surface area is 131 Å². The van der Waals surface area contributed by atoms with Crippen molar-refractivity contribution in [3.05, 3.63) is 18.3 Å². The lowest BCUT2D eigenvalue weighted by atomic mass is 9.80. The Morgan fingerprint density at radius 2 is 2.04 bits per heavy atom. The zero-order valence-corrected chi connectivity index (χ0v) is 12.4. The fourth-order valence-electron chi connectivity index (χ4n) is 2.74.